The molecule has 0 aliphatic heterocycles. The van der Waals surface area contributed by atoms with Crippen molar-refractivity contribution in [3.05, 3.63) is 29.8 Å². The molecule has 1 N–H and O–H groups in total. The van der Waals surface area contributed by atoms with E-state index in [0.29, 0.717) is 17.8 Å². The van der Waals surface area contributed by atoms with Gasteiger partial charge in [0.1, 0.15) is 6.54 Å². The molecule has 0 fully saturated rings. The van der Waals surface area contributed by atoms with E-state index in [4.69, 9.17) is 5.26 Å². The highest BCUT2D eigenvalue weighted by atomic mass is 32.2. The lowest BCUT2D eigenvalue weighted by molar-refractivity contribution is -0.119. The highest BCUT2D eigenvalue weighted by Crippen LogP contribution is 2.17. The van der Waals surface area contributed by atoms with Gasteiger partial charge in [-0.25, -0.2) is 8.42 Å². The first kappa shape index (κ1) is 16.0. The topological polar surface area (TPSA) is 90.3 Å². The number of sulfonamides is 1. The van der Waals surface area contributed by atoms with Crippen LogP contribution in [0.2, 0.25) is 0 Å². The zero-order valence-corrected chi connectivity index (χ0v) is 12.3. The average molecular weight is 295 g/mol. The van der Waals surface area contributed by atoms with Crippen molar-refractivity contribution in [2.24, 2.45) is 0 Å². The van der Waals surface area contributed by atoms with Crippen LogP contribution in [-0.2, 0) is 14.8 Å². The van der Waals surface area contributed by atoms with Crippen molar-refractivity contribution in [2.75, 3.05) is 23.7 Å². The van der Waals surface area contributed by atoms with E-state index in [1.54, 1.807) is 0 Å². The van der Waals surface area contributed by atoms with Crippen LogP contribution in [0.1, 0.15) is 18.9 Å². The van der Waals surface area contributed by atoms with Crippen LogP contribution in [-0.4, -0.2) is 33.7 Å². The molecule has 0 saturated heterocycles. The van der Waals surface area contributed by atoms with Gasteiger partial charge in [-0.1, -0.05) is 6.92 Å². The molecule has 0 aliphatic rings. The summed E-state index contributed by atoms with van der Waals surface area (Å²) in [5, 5.41) is 11.4. The maximum atomic E-state index is 11.8. The second-order valence-electron chi connectivity index (χ2n) is 4.28. The quantitative estimate of drug-likeness (QED) is 0.842. The minimum Gasteiger partial charge on any atom is -0.355 e. The summed E-state index contributed by atoms with van der Waals surface area (Å²) in [6.45, 7) is 2.14. The Hall–Kier alpha value is -2.07. The molecule has 7 heteroatoms. The highest BCUT2D eigenvalue weighted by Gasteiger charge is 2.20. The molecule has 108 valence electrons. The van der Waals surface area contributed by atoms with Crippen molar-refractivity contribution in [2.45, 2.75) is 13.3 Å². The van der Waals surface area contributed by atoms with Gasteiger partial charge in [-0.05, 0) is 30.7 Å². The molecule has 1 aromatic rings. The van der Waals surface area contributed by atoms with Crippen molar-refractivity contribution >= 4 is 21.6 Å². The molecule has 0 spiro atoms. The Bertz CT molecular complexity index is 603. The third-order valence-electron chi connectivity index (χ3n) is 2.54. The molecule has 0 unspecified atom stereocenters. The fraction of sp³-hybridized carbons (Fsp3) is 0.385. The normalized spacial score (nSPS) is 10.7. The van der Waals surface area contributed by atoms with Gasteiger partial charge in [0.05, 0.1) is 23.6 Å². The molecule has 1 aromatic carbocycles. The SMILES string of the molecule is CCCNC(=O)CN(c1ccc(C#N)cc1)S(C)(=O)=O. The van der Waals surface area contributed by atoms with Crippen LogP contribution in [0.3, 0.4) is 0 Å². The molecular weight excluding hydrogens is 278 g/mol. The van der Waals surface area contributed by atoms with Crippen molar-refractivity contribution < 1.29 is 13.2 Å². The van der Waals surface area contributed by atoms with Gasteiger partial charge in [0, 0.05) is 6.54 Å². The number of rotatable bonds is 6. The van der Waals surface area contributed by atoms with Gasteiger partial charge in [-0.3, -0.25) is 9.10 Å². The Labute approximate surface area is 119 Å². The molecular formula is C13H17N3O3S. The summed E-state index contributed by atoms with van der Waals surface area (Å²) in [6.07, 6.45) is 1.82. The first-order valence-electron chi connectivity index (χ1n) is 6.13. The van der Waals surface area contributed by atoms with Crippen LogP contribution in [0.4, 0.5) is 5.69 Å². The molecule has 0 aliphatic carbocycles. The molecule has 0 heterocycles. The fourth-order valence-electron chi connectivity index (χ4n) is 1.55. The van der Waals surface area contributed by atoms with Gasteiger partial charge < -0.3 is 5.32 Å². The molecule has 6 nitrogen and oxygen atoms in total. The molecule has 1 amide bonds. The lowest BCUT2D eigenvalue weighted by Gasteiger charge is -2.21. The summed E-state index contributed by atoms with van der Waals surface area (Å²) in [5.41, 5.74) is 0.788. The number of carbonyl (C=O) groups excluding carboxylic acids is 1. The fourth-order valence-corrected chi connectivity index (χ4v) is 2.41. The van der Waals surface area contributed by atoms with Gasteiger partial charge in [0.2, 0.25) is 15.9 Å². The Morgan fingerprint density at radius 2 is 1.95 bits per heavy atom. The lowest BCUT2D eigenvalue weighted by Crippen LogP contribution is -2.40. The number of hydrogen-bond donors (Lipinski definition) is 1. The van der Waals surface area contributed by atoms with Gasteiger partial charge in [0.25, 0.3) is 0 Å². The Balaban J connectivity index is 2.96. The molecule has 0 aromatic heterocycles. The number of benzene rings is 1. The standard InChI is InChI=1S/C13H17N3O3S/c1-3-8-15-13(17)10-16(20(2,18)19)12-6-4-11(9-14)5-7-12/h4-7H,3,8,10H2,1-2H3,(H,15,17). The summed E-state index contributed by atoms with van der Waals surface area (Å²) < 4.78 is 24.6. The van der Waals surface area contributed by atoms with Crippen molar-refractivity contribution in [3.8, 4) is 6.07 Å². The summed E-state index contributed by atoms with van der Waals surface area (Å²) >= 11 is 0. The predicted octanol–water partition coefficient (Wildman–Crippen LogP) is 0.850. The number of hydrogen-bond acceptors (Lipinski definition) is 4. The minimum absolute atomic E-state index is 0.273. The molecule has 0 saturated carbocycles. The van der Waals surface area contributed by atoms with E-state index in [1.807, 2.05) is 13.0 Å². The Kier molecular flexibility index (Phi) is 5.53. The van der Waals surface area contributed by atoms with Gasteiger partial charge in [-0.2, -0.15) is 5.26 Å². The summed E-state index contributed by atoms with van der Waals surface area (Å²) in [6, 6.07) is 7.99. The third kappa shape index (κ3) is 4.55. The van der Waals surface area contributed by atoms with E-state index >= 15 is 0 Å². The molecule has 20 heavy (non-hydrogen) atoms. The summed E-state index contributed by atoms with van der Waals surface area (Å²) in [4.78, 5) is 11.7. The largest absolute Gasteiger partial charge is 0.355 e. The Morgan fingerprint density at radius 3 is 2.40 bits per heavy atom. The van der Waals surface area contributed by atoms with E-state index < -0.39 is 10.0 Å². The Morgan fingerprint density at radius 1 is 1.35 bits per heavy atom. The number of nitrogens with one attached hydrogen (secondary N) is 1. The second kappa shape index (κ2) is 6.91. The van der Waals surface area contributed by atoms with Crippen molar-refractivity contribution in [1.29, 1.82) is 5.26 Å². The zero-order chi connectivity index (χ0) is 15.2. The van der Waals surface area contributed by atoms with Crippen LogP contribution < -0.4 is 9.62 Å². The summed E-state index contributed by atoms with van der Waals surface area (Å²) in [5.74, 6) is -0.360. The lowest BCUT2D eigenvalue weighted by atomic mass is 10.2. The van der Waals surface area contributed by atoms with E-state index in [1.165, 1.54) is 24.3 Å². The molecule has 0 radical (unpaired) electrons. The van der Waals surface area contributed by atoms with E-state index in [2.05, 4.69) is 5.32 Å². The van der Waals surface area contributed by atoms with E-state index in [-0.39, 0.29) is 12.5 Å². The maximum Gasteiger partial charge on any atom is 0.240 e. The molecule has 0 atom stereocenters. The number of anilines is 1. The van der Waals surface area contributed by atoms with Crippen LogP contribution in [0.15, 0.2) is 24.3 Å². The number of nitrogens with zero attached hydrogens (tertiary/aromatic N) is 2. The van der Waals surface area contributed by atoms with Crippen LogP contribution in [0.5, 0.6) is 0 Å². The average Bonchev–Trinajstić information content (AvgIpc) is 2.41. The van der Waals surface area contributed by atoms with Crippen LogP contribution in [0, 0.1) is 11.3 Å². The number of nitriles is 1. The zero-order valence-electron chi connectivity index (χ0n) is 11.5. The first-order valence-corrected chi connectivity index (χ1v) is 7.98. The van der Waals surface area contributed by atoms with Crippen LogP contribution >= 0.6 is 0 Å². The summed E-state index contributed by atoms with van der Waals surface area (Å²) in [7, 11) is -3.57. The number of amides is 1. The smallest absolute Gasteiger partial charge is 0.240 e. The number of carbonyl (C=O) groups is 1. The predicted molar refractivity (Wildman–Crippen MR) is 76.6 cm³/mol. The third-order valence-corrected chi connectivity index (χ3v) is 3.68. The highest BCUT2D eigenvalue weighted by molar-refractivity contribution is 7.92. The van der Waals surface area contributed by atoms with Crippen molar-refractivity contribution in [1.82, 2.24) is 5.32 Å². The van der Waals surface area contributed by atoms with E-state index in [9.17, 15) is 13.2 Å². The maximum absolute atomic E-state index is 11.8. The second-order valence-corrected chi connectivity index (χ2v) is 6.19. The van der Waals surface area contributed by atoms with E-state index in [0.717, 1.165) is 17.0 Å². The van der Waals surface area contributed by atoms with Crippen molar-refractivity contribution in [3.63, 3.8) is 0 Å². The van der Waals surface area contributed by atoms with Gasteiger partial charge in [-0.15, -0.1) is 0 Å². The monoisotopic (exact) mass is 295 g/mol. The minimum atomic E-state index is -3.57. The van der Waals surface area contributed by atoms with Gasteiger partial charge >= 0.3 is 0 Å². The molecule has 0 bridgehead atoms. The first-order chi connectivity index (χ1) is 9.38. The van der Waals surface area contributed by atoms with Crippen LogP contribution in [0.25, 0.3) is 0 Å². The van der Waals surface area contributed by atoms with Gasteiger partial charge in [0.15, 0.2) is 0 Å². The molecule has 1 rings (SSSR count).